The minimum Gasteiger partial charge on any atom is -0.399 e. The Kier molecular flexibility index (Phi) is 9.24. The summed E-state index contributed by atoms with van der Waals surface area (Å²) in [4.78, 5) is 0. The summed E-state index contributed by atoms with van der Waals surface area (Å²) >= 11 is 0. The van der Waals surface area contributed by atoms with Gasteiger partial charge in [-0.1, -0.05) is 88.8 Å². The zero-order valence-corrected chi connectivity index (χ0v) is 20.4. The Hall–Kier alpha value is -2.94. The van der Waals surface area contributed by atoms with Crippen molar-refractivity contribution in [2.45, 2.75) is 77.0 Å². The monoisotopic (exact) mass is 443 g/mol. The fourth-order valence-corrected chi connectivity index (χ4v) is 4.79. The summed E-state index contributed by atoms with van der Waals surface area (Å²) in [6, 6.07) is 23.4. The third-order valence-electron chi connectivity index (χ3n) is 6.76. The number of rotatable bonds is 12. The van der Waals surface area contributed by atoms with Gasteiger partial charge in [-0.25, -0.2) is 0 Å². The predicted octanol–water partition coefficient (Wildman–Crippen LogP) is 7.86. The van der Waals surface area contributed by atoms with E-state index in [1.807, 2.05) is 24.3 Å². The van der Waals surface area contributed by atoms with Gasteiger partial charge in [0.2, 0.25) is 0 Å². The summed E-state index contributed by atoms with van der Waals surface area (Å²) in [5.74, 6) is 0.624. The van der Waals surface area contributed by atoms with E-state index in [1.54, 1.807) is 0 Å². The minimum atomic E-state index is 0.278. The summed E-state index contributed by atoms with van der Waals surface area (Å²) in [5, 5.41) is 0. The maximum Gasteiger partial charge on any atom is 0.0353 e. The van der Waals surface area contributed by atoms with Gasteiger partial charge < -0.3 is 17.2 Å². The molecule has 0 bridgehead atoms. The molecule has 0 aliphatic rings. The van der Waals surface area contributed by atoms with Gasteiger partial charge in [-0.2, -0.15) is 0 Å². The van der Waals surface area contributed by atoms with Gasteiger partial charge in [-0.3, -0.25) is 0 Å². The molecule has 0 aromatic heterocycles. The molecule has 0 spiro atoms. The lowest BCUT2D eigenvalue weighted by atomic mass is 9.81. The molecule has 6 N–H and O–H groups in total. The second kappa shape index (κ2) is 12.3. The Morgan fingerprint density at radius 1 is 0.545 bits per heavy atom. The van der Waals surface area contributed by atoms with Crippen LogP contribution in [0.5, 0.6) is 0 Å². The predicted molar refractivity (Wildman–Crippen MR) is 145 cm³/mol. The highest BCUT2D eigenvalue weighted by molar-refractivity contribution is 5.56. The highest BCUT2D eigenvalue weighted by Crippen LogP contribution is 2.38. The van der Waals surface area contributed by atoms with Gasteiger partial charge in [0.05, 0.1) is 0 Å². The SMILES string of the molecule is CCCCCC(c1ccc(N)cc1)c1ccc(N)c(C(CCCCC)c2ccc(N)cc2)c1. The molecule has 0 saturated carbocycles. The standard InChI is InChI=1S/C30H41N3/c1-3-5-7-9-27(22-11-16-25(31)17-12-22)24-15-20-30(33)29(21-24)28(10-8-6-4-2)23-13-18-26(32)19-14-23/h11-21,27-28H,3-10,31-33H2,1-2H3. The van der Waals surface area contributed by atoms with Crippen LogP contribution in [-0.4, -0.2) is 0 Å². The first-order valence-electron chi connectivity index (χ1n) is 12.6. The fraction of sp³-hybridized carbons (Fsp3) is 0.400. The summed E-state index contributed by atoms with van der Waals surface area (Å²) in [5.41, 5.74) is 26.2. The molecule has 3 nitrogen and oxygen atoms in total. The first kappa shape index (κ1) is 24.7. The molecule has 0 aliphatic heterocycles. The molecule has 0 aliphatic carbocycles. The average molecular weight is 444 g/mol. The quantitative estimate of drug-likeness (QED) is 0.197. The Balaban J connectivity index is 2.00. The Labute approximate surface area is 200 Å². The summed E-state index contributed by atoms with van der Waals surface area (Å²) in [6.45, 7) is 4.51. The second-order valence-corrected chi connectivity index (χ2v) is 9.32. The Bertz CT molecular complexity index is 976. The molecule has 0 radical (unpaired) electrons. The molecule has 3 rings (SSSR count). The average Bonchev–Trinajstić information content (AvgIpc) is 2.82. The van der Waals surface area contributed by atoms with Crippen LogP contribution in [0.4, 0.5) is 17.1 Å². The van der Waals surface area contributed by atoms with Crippen LogP contribution in [0.2, 0.25) is 0 Å². The van der Waals surface area contributed by atoms with Crippen LogP contribution >= 0.6 is 0 Å². The molecule has 3 aromatic carbocycles. The van der Waals surface area contributed by atoms with Crippen molar-refractivity contribution in [2.24, 2.45) is 0 Å². The van der Waals surface area contributed by atoms with Crippen molar-refractivity contribution in [3.05, 3.63) is 89.0 Å². The number of nitrogens with two attached hydrogens (primary N) is 3. The van der Waals surface area contributed by atoms with Crippen molar-refractivity contribution in [3.8, 4) is 0 Å². The van der Waals surface area contributed by atoms with Gasteiger partial charge in [0.25, 0.3) is 0 Å². The van der Waals surface area contributed by atoms with Crippen molar-refractivity contribution in [3.63, 3.8) is 0 Å². The Morgan fingerprint density at radius 3 is 1.52 bits per heavy atom. The lowest BCUT2D eigenvalue weighted by molar-refractivity contribution is 0.610. The normalized spacial score (nSPS) is 13.0. The molecule has 0 heterocycles. The van der Waals surface area contributed by atoms with Crippen LogP contribution in [0, 0.1) is 0 Å². The Morgan fingerprint density at radius 2 is 1.00 bits per heavy atom. The third kappa shape index (κ3) is 6.77. The zero-order chi connectivity index (χ0) is 23.6. The number of benzene rings is 3. The fourth-order valence-electron chi connectivity index (χ4n) is 4.79. The van der Waals surface area contributed by atoms with Gasteiger partial charge in [-0.05, 0) is 65.4 Å². The lowest BCUT2D eigenvalue weighted by Crippen LogP contribution is -2.09. The highest BCUT2D eigenvalue weighted by atomic mass is 14.6. The van der Waals surface area contributed by atoms with Crippen LogP contribution in [0.15, 0.2) is 66.7 Å². The van der Waals surface area contributed by atoms with Crippen LogP contribution in [0.25, 0.3) is 0 Å². The number of nitrogen functional groups attached to an aromatic ring is 3. The van der Waals surface area contributed by atoms with Crippen molar-refractivity contribution in [1.82, 2.24) is 0 Å². The molecule has 2 unspecified atom stereocenters. The zero-order valence-electron chi connectivity index (χ0n) is 20.4. The van der Waals surface area contributed by atoms with Gasteiger partial charge >= 0.3 is 0 Å². The van der Waals surface area contributed by atoms with Crippen molar-refractivity contribution < 1.29 is 0 Å². The largest absolute Gasteiger partial charge is 0.399 e. The first-order chi connectivity index (χ1) is 16.0. The molecule has 0 amide bonds. The maximum atomic E-state index is 6.60. The van der Waals surface area contributed by atoms with E-state index in [9.17, 15) is 0 Å². The third-order valence-corrected chi connectivity index (χ3v) is 6.76. The van der Waals surface area contributed by atoms with E-state index in [4.69, 9.17) is 17.2 Å². The van der Waals surface area contributed by atoms with E-state index >= 15 is 0 Å². The molecule has 3 aromatic rings. The maximum absolute atomic E-state index is 6.60. The van der Waals surface area contributed by atoms with Crippen LogP contribution in [0.1, 0.15) is 99.3 Å². The van der Waals surface area contributed by atoms with Crippen molar-refractivity contribution >= 4 is 17.1 Å². The number of hydrogen-bond acceptors (Lipinski definition) is 3. The molecule has 2 atom stereocenters. The molecular formula is C30H41N3. The van der Waals surface area contributed by atoms with E-state index in [-0.39, 0.29) is 5.92 Å². The van der Waals surface area contributed by atoms with Crippen molar-refractivity contribution in [1.29, 1.82) is 0 Å². The number of unbranched alkanes of at least 4 members (excludes halogenated alkanes) is 4. The smallest absolute Gasteiger partial charge is 0.0353 e. The minimum absolute atomic E-state index is 0.278. The number of anilines is 3. The molecular weight excluding hydrogens is 402 g/mol. The molecule has 0 saturated heterocycles. The lowest BCUT2D eigenvalue weighted by Gasteiger charge is -2.24. The molecule has 0 fully saturated rings. The van der Waals surface area contributed by atoms with Gasteiger partial charge in [0.15, 0.2) is 0 Å². The molecule has 176 valence electrons. The topological polar surface area (TPSA) is 78.1 Å². The van der Waals surface area contributed by atoms with E-state index in [0.29, 0.717) is 5.92 Å². The van der Waals surface area contributed by atoms with Crippen LogP contribution in [0.3, 0.4) is 0 Å². The summed E-state index contributed by atoms with van der Waals surface area (Å²) in [7, 11) is 0. The first-order valence-corrected chi connectivity index (χ1v) is 12.6. The van der Waals surface area contributed by atoms with E-state index in [1.165, 1.54) is 60.8 Å². The second-order valence-electron chi connectivity index (χ2n) is 9.32. The highest BCUT2D eigenvalue weighted by Gasteiger charge is 2.21. The van der Waals surface area contributed by atoms with Gasteiger partial charge in [0.1, 0.15) is 0 Å². The molecule has 3 heteroatoms. The van der Waals surface area contributed by atoms with E-state index in [2.05, 4.69) is 56.3 Å². The van der Waals surface area contributed by atoms with Crippen LogP contribution in [-0.2, 0) is 0 Å². The number of hydrogen-bond donors (Lipinski definition) is 3. The van der Waals surface area contributed by atoms with E-state index < -0.39 is 0 Å². The summed E-state index contributed by atoms with van der Waals surface area (Å²) in [6.07, 6.45) is 9.53. The van der Waals surface area contributed by atoms with E-state index in [0.717, 1.165) is 29.9 Å². The van der Waals surface area contributed by atoms with Crippen molar-refractivity contribution in [2.75, 3.05) is 17.2 Å². The van der Waals surface area contributed by atoms with Crippen LogP contribution < -0.4 is 17.2 Å². The summed E-state index contributed by atoms with van der Waals surface area (Å²) < 4.78 is 0. The molecule has 33 heavy (non-hydrogen) atoms. The van der Waals surface area contributed by atoms with Gasteiger partial charge in [0, 0.05) is 28.9 Å². The van der Waals surface area contributed by atoms with Gasteiger partial charge in [-0.15, -0.1) is 0 Å².